The third kappa shape index (κ3) is 2.69. The lowest BCUT2D eigenvalue weighted by molar-refractivity contribution is 0.104. The Labute approximate surface area is 140 Å². The predicted molar refractivity (Wildman–Crippen MR) is 90.2 cm³/mol. The summed E-state index contributed by atoms with van der Waals surface area (Å²) in [4.78, 5) is 12.6. The van der Waals surface area contributed by atoms with E-state index in [4.69, 9.17) is 14.2 Å². The SMILES string of the molecule is COc1ccc(/C=C2/Cc3cc(OC)c(OC)cc3C2=O)cc1O. The lowest BCUT2D eigenvalue weighted by Crippen LogP contribution is -1.97. The second-order valence-corrected chi connectivity index (χ2v) is 5.47. The van der Waals surface area contributed by atoms with Crippen LogP contribution in [-0.2, 0) is 6.42 Å². The number of aromatic hydroxyl groups is 1. The lowest BCUT2D eigenvalue weighted by Gasteiger charge is -2.08. The normalized spacial score (nSPS) is 14.6. The first-order valence-electron chi connectivity index (χ1n) is 7.44. The van der Waals surface area contributed by atoms with Crippen LogP contribution in [0, 0.1) is 0 Å². The van der Waals surface area contributed by atoms with Gasteiger partial charge in [0.1, 0.15) is 0 Å². The van der Waals surface area contributed by atoms with Crippen LogP contribution in [0.1, 0.15) is 21.5 Å². The van der Waals surface area contributed by atoms with Crippen LogP contribution in [0.3, 0.4) is 0 Å². The molecule has 1 aliphatic carbocycles. The van der Waals surface area contributed by atoms with Crippen molar-refractivity contribution < 1.29 is 24.1 Å². The summed E-state index contributed by atoms with van der Waals surface area (Å²) in [6.45, 7) is 0. The quantitative estimate of drug-likeness (QED) is 0.874. The number of allylic oxidation sites excluding steroid dienone is 1. The number of ketones is 1. The van der Waals surface area contributed by atoms with Crippen LogP contribution in [0.15, 0.2) is 35.9 Å². The van der Waals surface area contributed by atoms with Crippen LogP contribution in [0.25, 0.3) is 6.08 Å². The number of Topliss-reactive ketones (excluding diaryl/α,β-unsaturated/α-hetero) is 1. The molecule has 0 heterocycles. The van der Waals surface area contributed by atoms with Gasteiger partial charge in [-0.1, -0.05) is 6.07 Å². The summed E-state index contributed by atoms with van der Waals surface area (Å²) >= 11 is 0. The van der Waals surface area contributed by atoms with E-state index < -0.39 is 0 Å². The van der Waals surface area contributed by atoms with Crippen molar-refractivity contribution in [2.24, 2.45) is 0 Å². The number of hydrogen-bond acceptors (Lipinski definition) is 5. The highest BCUT2D eigenvalue weighted by Crippen LogP contribution is 2.37. The van der Waals surface area contributed by atoms with E-state index in [0.717, 1.165) is 11.1 Å². The molecule has 0 amide bonds. The number of benzene rings is 2. The molecular weight excluding hydrogens is 308 g/mol. The van der Waals surface area contributed by atoms with Gasteiger partial charge in [-0.25, -0.2) is 0 Å². The van der Waals surface area contributed by atoms with Crippen LogP contribution >= 0.6 is 0 Å². The number of hydrogen-bond donors (Lipinski definition) is 1. The highest BCUT2D eigenvalue weighted by molar-refractivity contribution is 6.16. The van der Waals surface area contributed by atoms with Gasteiger partial charge in [0.05, 0.1) is 21.3 Å². The van der Waals surface area contributed by atoms with Crippen molar-refractivity contribution in [1.82, 2.24) is 0 Å². The molecule has 0 aromatic heterocycles. The molecule has 0 saturated carbocycles. The molecule has 0 radical (unpaired) electrons. The molecular formula is C19H18O5. The average molecular weight is 326 g/mol. The third-order valence-corrected chi connectivity index (χ3v) is 4.07. The van der Waals surface area contributed by atoms with Gasteiger partial charge in [-0.3, -0.25) is 4.79 Å². The number of fused-ring (bicyclic) bond motifs is 1. The van der Waals surface area contributed by atoms with E-state index in [2.05, 4.69) is 0 Å². The van der Waals surface area contributed by atoms with Crippen LogP contribution in [0.2, 0.25) is 0 Å². The van der Waals surface area contributed by atoms with E-state index in [-0.39, 0.29) is 11.5 Å². The maximum absolute atomic E-state index is 12.6. The van der Waals surface area contributed by atoms with Crippen LogP contribution in [0.5, 0.6) is 23.0 Å². The van der Waals surface area contributed by atoms with Gasteiger partial charge in [0.25, 0.3) is 0 Å². The first-order valence-corrected chi connectivity index (χ1v) is 7.44. The largest absolute Gasteiger partial charge is 0.504 e. The average Bonchev–Trinajstić information content (AvgIpc) is 2.89. The Balaban J connectivity index is 1.97. The number of ether oxygens (including phenoxy) is 3. The molecule has 0 spiro atoms. The number of methoxy groups -OCH3 is 3. The maximum atomic E-state index is 12.6. The molecule has 0 bridgehead atoms. The van der Waals surface area contributed by atoms with Crippen LogP contribution in [0.4, 0.5) is 0 Å². The maximum Gasteiger partial charge on any atom is 0.189 e. The summed E-state index contributed by atoms with van der Waals surface area (Å²) in [7, 11) is 4.60. The number of carbonyl (C=O) groups is 1. The summed E-state index contributed by atoms with van der Waals surface area (Å²) in [6.07, 6.45) is 2.29. The van der Waals surface area contributed by atoms with Crippen molar-refractivity contribution in [3.8, 4) is 23.0 Å². The highest BCUT2D eigenvalue weighted by Gasteiger charge is 2.27. The molecule has 3 rings (SSSR count). The summed E-state index contributed by atoms with van der Waals surface area (Å²) in [5.74, 6) is 1.53. The molecule has 0 fully saturated rings. The van der Waals surface area contributed by atoms with Crippen molar-refractivity contribution in [3.63, 3.8) is 0 Å². The molecule has 2 aromatic rings. The summed E-state index contributed by atoms with van der Waals surface area (Å²) in [5.41, 5.74) is 2.92. The summed E-state index contributed by atoms with van der Waals surface area (Å²) in [6, 6.07) is 8.58. The zero-order chi connectivity index (χ0) is 17.3. The second kappa shape index (κ2) is 6.28. The predicted octanol–water partition coefficient (Wildman–Crippen LogP) is 3.24. The Morgan fingerprint density at radius 3 is 2.25 bits per heavy atom. The minimum atomic E-state index is -0.0405. The van der Waals surface area contributed by atoms with Gasteiger partial charge in [-0.15, -0.1) is 0 Å². The number of phenolic OH excluding ortho intramolecular Hbond substituents is 1. The molecule has 2 aromatic carbocycles. The van der Waals surface area contributed by atoms with Gasteiger partial charge in [0.15, 0.2) is 28.8 Å². The third-order valence-electron chi connectivity index (χ3n) is 4.07. The van der Waals surface area contributed by atoms with Gasteiger partial charge in [-0.05, 0) is 41.5 Å². The lowest BCUT2D eigenvalue weighted by atomic mass is 10.1. The summed E-state index contributed by atoms with van der Waals surface area (Å²) in [5, 5.41) is 9.87. The first kappa shape index (κ1) is 15.9. The zero-order valence-electron chi connectivity index (χ0n) is 13.8. The van der Waals surface area contributed by atoms with Crippen molar-refractivity contribution >= 4 is 11.9 Å². The molecule has 0 saturated heterocycles. The Bertz CT molecular complexity index is 836. The molecule has 124 valence electrons. The molecule has 24 heavy (non-hydrogen) atoms. The minimum Gasteiger partial charge on any atom is -0.504 e. The van der Waals surface area contributed by atoms with E-state index in [1.165, 1.54) is 7.11 Å². The Morgan fingerprint density at radius 1 is 0.958 bits per heavy atom. The number of carbonyl (C=O) groups excluding carboxylic acids is 1. The monoisotopic (exact) mass is 326 g/mol. The first-order chi connectivity index (χ1) is 11.6. The zero-order valence-corrected chi connectivity index (χ0v) is 13.8. The van der Waals surface area contributed by atoms with E-state index in [0.29, 0.717) is 34.8 Å². The van der Waals surface area contributed by atoms with Crippen molar-refractivity contribution in [3.05, 3.63) is 52.6 Å². The van der Waals surface area contributed by atoms with Crippen molar-refractivity contribution in [2.75, 3.05) is 21.3 Å². The van der Waals surface area contributed by atoms with E-state index in [1.807, 2.05) is 6.07 Å². The second-order valence-electron chi connectivity index (χ2n) is 5.47. The fourth-order valence-electron chi connectivity index (χ4n) is 2.85. The molecule has 0 unspecified atom stereocenters. The van der Waals surface area contributed by atoms with Gasteiger partial charge in [0, 0.05) is 17.6 Å². The summed E-state index contributed by atoms with van der Waals surface area (Å²) < 4.78 is 15.6. The molecule has 1 N–H and O–H groups in total. The molecule has 1 aliphatic rings. The van der Waals surface area contributed by atoms with Crippen molar-refractivity contribution in [1.29, 1.82) is 0 Å². The van der Waals surface area contributed by atoms with Gasteiger partial charge >= 0.3 is 0 Å². The minimum absolute atomic E-state index is 0.0400. The highest BCUT2D eigenvalue weighted by atomic mass is 16.5. The van der Waals surface area contributed by atoms with E-state index in [9.17, 15) is 9.90 Å². The topological polar surface area (TPSA) is 65.0 Å². The molecule has 5 nitrogen and oxygen atoms in total. The standard InChI is InChI=1S/C19H18O5/c1-22-16-5-4-11(7-15(16)20)6-13-8-12-9-17(23-2)18(24-3)10-14(12)19(13)21/h4-7,9-10,20H,8H2,1-3H3/b13-6-. The molecule has 0 atom stereocenters. The smallest absolute Gasteiger partial charge is 0.189 e. The van der Waals surface area contributed by atoms with Gasteiger partial charge in [-0.2, -0.15) is 0 Å². The van der Waals surface area contributed by atoms with E-state index in [1.54, 1.807) is 44.6 Å². The fraction of sp³-hybridized carbons (Fsp3) is 0.211. The Kier molecular flexibility index (Phi) is 4.16. The van der Waals surface area contributed by atoms with Gasteiger partial charge < -0.3 is 19.3 Å². The van der Waals surface area contributed by atoms with Crippen LogP contribution in [-0.4, -0.2) is 32.2 Å². The van der Waals surface area contributed by atoms with E-state index >= 15 is 0 Å². The van der Waals surface area contributed by atoms with Crippen LogP contribution < -0.4 is 14.2 Å². The Hall–Kier alpha value is -2.95. The Morgan fingerprint density at radius 2 is 1.62 bits per heavy atom. The fourth-order valence-corrected chi connectivity index (χ4v) is 2.85. The molecule has 5 heteroatoms. The van der Waals surface area contributed by atoms with Gasteiger partial charge in [0.2, 0.25) is 0 Å². The van der Waals surface area contributed by atoms with Crippen molar-refractivity contribution in [2.45, 2.75) is 6.42 Å². The number of rotatable bonds is 4. The molecule has 0 aliphatic heterocycles. The number of phenols is 1.